The molecule has 17 nitrogen and oxygen atoms in total. The molecule has 98 heavy (non-hydrogen) atoms. The van der Waals surface area contributed by atoms with Crippen molar-refractivity contribution in [3.63, 3.8) is 0 Å². The van der Waals surface area contributed by atoms with Crippen LogP contribution in [-0.2, 0) is 65.4 Å². The van der Waals surface area contributed by atoms with Crippen molar-refractivity contribution in [3.05, 3.63) is 0 Å². The number of ether oxygens (including phenoxy) is 4. The number of rotatable bonds is 77. The van der Waals surface area contributed by atoms with E-state index >= 15 is 0 Å². The molecular weight excluding hydrogens is 1280 g/mol. The highest BCUT2D eigenvalue weighted by molar-refractivity contribution is 7.47. The molecule has 0 aliphatic heterocycles. The third kappa shape index (κ3) is 71.1. The van der Waals surface area contributed by atoms with Crippen molar-refractivity contribution in [1.29, 1.82) is 0 Å². The molecule has 0 aromatic rings. The summed E-state index contributed by atoms with van der Waals surface area (Å²) in [5.41, 5.74) is 0. The van der Waals surface area contributed by atoms with Crippen LogP contribution < -0.4 is 0 Å². The SMILES string of the molecule is CCCCCCCCCCCCCCCCCCCCCCC(=O)O[C@H](COC(=O)CCCCCCCCCCCCCCC(C)C)COP(=O)(O)OC[C@@H](O)COP(=O)(O)OC[C@@H](COC(=O)CCCCCCCCC(C)CC)OC(=O)CCCCCCCCCCCCC(C)C. The van der Waals surface area contributed by atoms with Crippen molar-refractivity contribution in [2.75, 3.05) is 39.6 Å². The van der Waals surface area contributed by atoms with Gasteiger partial charge in [0.2, 0.25) is 0 Å². The Kier molecular flexibility index (Phi) is 68.1. The zero-order valence-electron chi connectivity index (χ0n) is 64.3. The van der Waals surface area contributed by atoms with Crippen LogP contribution in [0.4, 0.5) is 0 Å². The van der Waals surface area contributed by atoms with Crippen molar-refractivity contribution in [2.45, 2.75) is 426 Å². The highest BCUT2D eigenvalue weighted by Gasteiger charge is 2.30. The maximum Gasteiger partial charge on any atom is 0.472 e. The Morgan fingerprint density at radius 1 is 0.296 bits per heavy atom. The number of phosphoric ester groups is 2. The van der Waals surface area contributed by atoms with Crippen molar-refractivity contribution in [2.24, 2.45) is 17.8 Å². The lowest BCUT2D eigenvalue weighted by molar-refractivity contribution is -0.161. The van der Waals surface area contributed by atoms with E-state index in [0.29, 0.717) is 25.7 Å². The summed E-state index contributed by atoms with van der Waals surface area (Å²) < 4.78 is 68.6. The van der Waals surface area contributed by atoms with Gasteiger partial charge >= 0.3 is 39.5 Å². The van der Waals surface area contributed by atoms with E-state index in [1.807, 2.05) is 0 Å². The van der Waals surface area contributed by atoms with Crippen molar-refractivity contribution >= 4 is 39.5 Å². The second-order valence-electron chi connectivity index (χ2n) is 29.6. The van der Waals surface area contributed by atoms with Crippen LogP contribution in [0.15, 0.2) is 0 Å². The average Bonchev–Trinajstić information content (AvgIpc) is 1.01. The van der Waals surface area contributed by atoms with Gasteiger partial charge in [-0.2, -0.15) is 0 Å². The predicted molar refractivity (Wildman–Crippen MR) is 400 cm³/mol. The Morgan fingerprint density at radius 3 is 0.776 bits per heavy atom. The molecule has 0 saturated carbocycles. The first-order valence-corrected chi connectivity index (χ1v) is 43.9. The van der Waals surface area contributed by atoms with Crippen LogP contribution in [0.2, 0.25) is 0 Å². The van der Waals surface area contributed by atoms with Gasteiger partial charge in [0, 0.05) is 25.7 Å². The predicted octanol–water partition coefficient (Wildman–Crippen LogP) is 23.4. The number of carbonyl (C=O) groups is 4. The highest BCUT2D eigenvalue weighted by Crippen LogP contribution is 2.45. The van der Waals surface area contributed by atoms with E-state index in [-0.39, 0.29) is 25.7 Å². The van der Waals surface area contributed by atoms with E-state index in [0.717, 1.165) is 114 Å². The van der Waals surface area contributed by atoms with Crippen molar-refractivity contribution in [1.82, 2.24) is 0 Å². The molecule has 0 aromatic heterocycles. The standard InChI is InChI=1S/C79H154O17P2/c1-8-10-11-12-13-14-15-16-17-18-19-20-21-22-23-28-34-39-48-55-62-78(83)95-74(66-89-76(81)60-53-46-38-33-27-25-24-26-31-36-43-50-57-70(3)4)68-93-97(85,86)91-64-73(80)65-92-98(87,88)94-69-75(67-90-77(82)61-54-47-42-41-45-52-59-72(7)9-2)96-79(84)63-56-49-40-35-30-29-32-37-44-51-58-71(5)6/h70-75,80H,8-69H2,1-7H3,(H,85,86)(H,87,88)/t72?,73-,74-,75-/m1/s1. The largest absolute Gasteiger partial charge is 0.472 e. The minimum absolute atomic E-state index is 0.105. The van der Waals surface area contributed by atoms with Gasteiger partial charge in [0.05, 0.1) is 26.4 Å². The summed E-state index contributed by atoms with van der Waals surface area (Å²) in [5, 5.41) is 10.6. The summed E-state index contributed by atoms with van der Waals surface area (Å²) in [6.45, 7) is 11.9. The van der Waals surface area contributed by atoms with Gasteiger partial charge in [-0.15, -0.1) is 0 Å². The molecule has 0 rings (SSSR count). The van der Waals surface area contributed by atoms with Gasteiger partial charge in [-0.05, 0) is 43.4 Å². The zero-order chi connectivity index (χ0) is 72.3. The minimum Gasteiger partial charge on any atom is -0.462 e. The third-order valence-electron chi connectivity index (χ3n) is 18.7. The maximum atomic E-state index is 13.1. The van der Waals surface area contributed by atoms with E-state index in [1.165, 1.54) is 212 Å². The smallest absolute Gasteiger partial charge is 0.462 e. The average molecular weight is 1440 g/mol. The molecule has 0 fully saturated rings. The summed E-state index contributed by atoms with van der Waals surface area (Å²) in [7, 11) is -9.92. The number of hydrogen-bond acceptors (Lipinski definition) is 15. The van der Waals surface area contributed by atoms with Gasteiger partial charge in [-0.1, -0.05) is 357 Å². The Labute approximate surface area is 600 Å². The Bertz CT molecular complexity index is 1910. The number of esters is 4. The topological polar surface area (TPSA) is 237 Å². The van der Waals surface area contributed by atoms with Crippen LogP contribution in [0.1, 0.15) is 408 Å². The molecule has 0 amide bonds. The van der Waals surface area contributed by atoms with E-state index in [9.17, 15) is 43.2 Å². The summed E-state index contributed by atoms with van der Waals surface area (Å²) >= 11 is 0. The van der Waals surface area contributed by atoms with Gasteiger partial charge in [0.15, 0.2) is 12.2 Å². The lowest BCUT2D eigenvalue weighted by atomic mass is 10.00. The lowest BCUT2D eigenvalue weighted by Crippen LogP contribution is -2.30. The molecule has 0 aliphatic carbocycles. The molecule has 3 N–H and O–H groups in total. The van der Waals surface area contributed by atoms with Gasteiger partial charge in [-0.3, -0.25) is 37.3 Å². The molecule has 0 aliphatic rings. The molecule has 0 heterocycles. The first-order chi connectivity index (χ1) is 47.3. The number of phosphoric acid groups is 2. The number of aliphatic hydroxyl groups is 1. The van der Waals surface area contributed by atoms with E-state index < -0.39 is 97.5 Å². The summed E-state index contributed by atoms with van der Waals surface area (Å²) in [4.78, 5) is 72.9. The zero-order valence-corrected chi connectivity index (χ0v) is 66.0. The molecule has 19 heteroatoms. The first kappa shape index (κ1) is 96.1. The van der Waals surface area contributed by atoms with Crippen LogP contribution in [-0.4, -0.2) is 96.7 Å². The third-order valence-corrected chi connectivity index (χ3v) is 20.6. The fraction of sp³-hybridized carbons (Fsp3) is 0.949. The highest BCUT2D eigenvalue weighted by atomic mass is 31.2. The maximum absolute atomic E-state index is 13.1. The summed E-state index contributed by atoms with van der Waals surface area (Å²) in [5.74, 6) is 0.149. The molecule has 0 bridgehead atoms. The Hall–Kier alpha value is -1.94. The van der Waals surface area contributed by atoms with Crippen LogP contribution in [0.3, 0.4) is 0 Å². The quantitative estimate of drug-likeness (QED) is 0.0222. The minimum atomic E-state index is -4.96. The van der Waals surface area contributed by atoms with E-state index in [2.05, 4.69) is 48.5 Å². The molecule has 0 aromatic carbocycles. The number of carbonyl (C=O) groups excluding carboxylic acids is 4. The van der Waals surface area contributed by atoms with Crippen LogP contribution in [0.25, 0.3) is 0 Å². The van der Waals surface area contributed by atoms with Crippen LogP contribution >= 0.6 is 15.6 Å². The number of hydrogen-bond donors (Lipinski definition) is 3. The van der Waals surface area contributed by atoms with E-state index in [1.54, 1.807) is 0 Å². The normalized spacial score (nSPS) is 14.3. The monoisotopic (exact) mass is 1440 g/mol. The summed E-state index contributed by atoms with van der Waals surface area (Å²) in [6.07, 6.45) is 57.0. The molecule has 0 radical (unpaired) electrons. The van der Waals surface area contributed by atoms with E-state index in [4.69, 9.17) is 37.0 Å². The summed E-state index contributed by atoms with van der Waals surface area (Å²) in [6, 6.07) is 0. The van der Waals surface area contributed by atoms with Crippen LogP contribution in [0.5, 0.6) is 0 Å². The fourth-order valence-electron chi connectivity index (χ4n) is 12.1. The fourth-order valence-corrected chi connectivity index (χ4v) is 13.7. The molecule has 582 valence electrons. The van der Waals surface area contributed by atoms with Gasteiger partial charge in [0.1, 0.15) is 19.3 Å². The Morgan fingerprint density at radius 2 is 0.520 bits per heavy atom. The number of unbranched alkanes of at least 4 members (excludes halogenated alkanes) is 44. The molecule has 6 atom stereocenters. The second-order valence-corrected chi connectivity index (χ2v) is 32.6. The van der Waals surface area contributed by atoms with Crippen molar-refractivity contribution < 1.29 is 80.2 Å². The van der Waals surface area contributed by atoms with Crippen molar-refractivity contribution in [3.8, 4) is 0 Å². The van der Waals surface area contributed by atoms with Gasteiger partial charge in [0.25, 0.3) is 0 Å². The molecule has 3 unspecified atom stereocenters. The first-order valence-electron chi connectivity index (χ1n) is 40.9. The van der Waals surface area contributed by atoms with Gasteiger partial charge < -0.3 is 33.8 Å². The lowest BCUT2D eigenvalue weighted by Gasteiger charge is -2.21. The van der Waals surface area contributed by atoms with Crippen LogP contribution in [0, 0.1) is 17.8 Å². The second kappa shape index (κ2) is 69.4. The Balaban J connectivity index is 5.23. The molecule has 0 spiro atoms. The van der Waals surface area contributed by atoms with Gasteiger partial charge in [-0.25, -0.2) is 9.13 Å². The number of aliphatic hydroxyl groups excluding tert-OH is 1. The molecule has 0 saturated heterocycles. The molecular formula is C79H154O17P2.